The highest BCUT2D eigenvalue weighted by molar-refractivity contribution is 7.71. The molecule has 1 aromatic carbocycles. The summed E-state index contributed by atoms with van der Waals surface area (Å²) in [7, 11) is 0. The van der Waals surface area contributed by atoms with Crippen LogP contribution in [0, 0.1) is 18.6 Å². The number of H-pyrrole nitrogens is 2. The third-order valence-corrected chi connectivity index (χ3v) is 2.39. The Balaban J connectivity index is 3.10. The van der Waals surface area contributed by atoms with Gasteiger partial charge in [-0.05, 0) is 43.3 Å². The molecule has 0 aliphatic carbocycles. The molecule has 0 atom stereocenters. The van der Waals surface area contributed by atoms with Crippen LogP contribution in [0.25, 0.3) is 10.9 Å². The molecule has 2 aromatic rings. The monoisotopic (exact) mass is 206 g/mol. The van der Waals surface area contributed by atoms with Crippen molar-refractivity contribution in [2.75, 3.05) is 0 Å². The summed E-state index contributed by atoms with van der Waals surface area (Å²) in [5, 5.41) is 0.684. The fourth-order valence-electron chi connectivity index (χ4n) is 1.69. The van der Waals surface area contributed by atoms with Gasteiger partial charge in [0.05, 0.1) is 10.9 Å². The highest BCUT2D eigenvalue weighted by Crippen LogP contribution is 2.14. The topological polar surface area (TPSA) is 48.6 Å². The SMILES string of the molecule is Cc1cc(C)c2c(=O)[nH]c(=S)[nH]c2c1. The van der Waals surface area contributed by atoms with Gasteiger partial charge in [-0.3, -0.25) is 9.78 Å². The predicted molar refractivity (Wildman–Crippen MR) is 59.2 cm³/mol. The van der Waals surface area contributed by atoms with E-state index in [-0.39, 0.29) is 5.56 Å². The fourth-order valence-corrected chi connectivity index (χ4v) is 1.89. The Kier molecular flexibility index (Phi) is 2.00. The number of nitrogens with one attached hydrogen (secondary N) is 2. The van der Waals surface area contributed by atoms with Gasteiger partial charge in [0, 0.05) is 0 Å². The number of fused-ring (bicyclic) bond motifs is 1. The van der Waals surface area contributed by atoms with Crippen LogP contribution in [0.3, 0.4) is 0 Å². The van der Waals surface area contributed by atoms with E-state index in [1.807, 2.05) is 26.0 Å². The lowest BCUT2D eigenvalue weighted by Gasteiger charge is -2.02. The molecule has 0 saturated carbocycles. The molecule has 1 aromatic heterocycles. The Hall–Kier alpha value is -1.42. The minimum atomic E-state index is -0.124. The quantitative estimate of drug-likeness (QED) is 0.649. The number of aromatic amines is 2. The second kappa shape index (κ2) is 3.06. The second-order valence-corrected chi connectivity index (χ2v) is 3.82. The van der Waals surface area contributed by atoms with Crippen molar-refractivity contribution in [1.29, 1.82) is 0 Å². The third-order valence-electron chi connectivity index (χ3n) is 2.18. The van der Waals surface area contributed by atoms with Crippen LogP contribution in [0.1, 0.15) is 11.1 Å². The van der Waals surface area contributed by atoms with Gasteiger partial charge in [-0.2, -0.15) is 0 Å². The molecule has 2 N–H and O–H groups in total. The van der Waals surface area contributed by atoms with Gasteiger partial charge in [-0.25, -0.2) is 0 Å². The molecule has 0 aliphatic rings. The van der Waals surface area contributed by atoms with Crippen molar-refractivity contribution in [3.63, 3.8) is 0 Å². The maximum Gasteiger partial charge on any atom is 0.259 e. The Morgan fingerprint density at radius 3 is 2.64 bits per heavy atom. The summed E-state index contributed by atoms with van der Waals surface area (Å²) in [4.78, 5) is 17.1. The standard InChI is InChI=1S/C10H10N2OS/c1-5-3-6(2)8-7(4-5)11-10(14)12-9(8)13/h3-4H,1-2H3,(H2,11,12,13,14). The Bertz CT molecular complexity index is 610. The first-order valence-electron chi connectivity index (χ1n) is 4.31. The van der Waals surface area contributed by atoms with E-state index in [9.17, 15) is 4.79 Å². The Morgan fingerprint density at radius 2 is 1.93 bits per heavy atom. The molecule has 0 radical (unpaired) electrons. The van der Waals surface area contributed by atoms with Crippen LogP contribution >= 0.6 is 12.2 Å². The zero-order valence-corrected chi connectivity index (χ0v) is 8.79. The molecule has 0 bridgehead atoms. The van der Waals surface area contributed by atoms with E-state index < -0.39 is 0 Å². The van der Waals surface area contributed by atoms with Gasteiger partial charge >= 0.3 is 0 Å². The highest BCUT2D eigenvalue weighted by Gasteiger charge is 2.03. The molecule has 72 valence electrons. The lowest BCUT2D eigenvalue weighted by molar-refractivity contribution is 1.13. The van der Waals surface area contributed by atoms with E-state index >= 15 is 0 Å². The van der Waals surface area contributed by atoms with Crippen molar-refractivity contribution in [2.24, 2.45) is 0 Å². The molecule has 1 heterocycles. The van der Waals surface area contributed by atoms with Crippen LogP contribution in [0.5, 0.6) is 0 Å². The zero-order chi connectivity index (χ0) is 10.3. The normalized spacial score (nSPS) is 10.7. The van der Waals surface area contributed by atoms with Gasteiger partial charge in [0.1, 0.15) is 0 Å². The summed E-state index contributed by atoms with van der Waals surface area (Å²) in [6, 6.07) is 3.90. The average molecular weight is 206 g/mol. The van der Waals surface area contributed by atoms with Gasteiger partial charge in [-0.1, -0.05) is 6.07 Å². The lowest BCUT2D eigenvalue weighted by Crippen LogP contribution is -2.09. The Labute approximate surface area is 85.8 Å². The van der Waals surface area contributed by atoms with Crippen LogP contribution in [0.2, 0.25) is 0 Å². The maximum absolute atomic E-state index is 11.6. The number of hydrogen-bond donors (Lipinski definition) is 2. The van der Waals surface area contributed by atoms with Crippen molar-refractivity contribution in [3.05, 3.63) is 38.4 Å². The molecule has 0 saturated heterocycles. The van der Waals surface area contributed by atoms with Gasteiger partial charge in [-0.15, -0.1) is 0 Å². The first kappa shape index (κ1) is 9.15. The summed E-state index contributed by atoms with van der Waals surface area (Å²) >= 11 is 4.90. The molecule has 14 heavy (non-hydrogen) atoms. The molecule has 0 unspecified atom stereocenters. The molecule has 0 fully saturated rings. The summed E-state index contributed by atoms with van der Waals surface area (Å²) in [5.41, 5.74) is 2.76. The maximum atomic E-state index is 11.6. The molecule has 2 rings (SSSR count). The van der Waals surface area contributed by atoms with Gasteiger partial charge in [0.25, 0.3) is 5.56 Å². The van der Waals surface area contributed by atoms with Crippen LogP contribution < -0.4 is 5.56 Å². The number of aromatic nitrogens is 2. The van der Waals surface area contributed by atoms with E-state index in [1.54, 1.807) is 0 Å². The molecule has 0 aliphatic heterocycles. The van der Waals surface area contributed by atoms with Crippen molar-refractivity contribution in [2.45, 2.75) is 13.8 Å². The van der Waals surface area contributed by atoms with Gasteiger partial charge in [0.15, 0.2) is 4.77 Å². The number of rotatable bonds is 0. The van der Waals surface area contributed by atoms with Crippen LogP contribution in [-0.2, 0) is 0 Å². The van der Waals surface area contributed by atoms with Gasteiger partial charge in [0.2, 0.25) is 0 Å². The predicted octanol–water partition coefficient (Wildman–Crippen LogP) is 2.20. The molecule has 3 nitrogen and oxygen atoms in total. The first-order valence-corrected chi connectivity index (χ1v) is 4.72. The van der Waals surface area contributed by atoms with E-state index in [1.165, 1.54) is 0 Å². The van der Waals surface area contributed by atoms with E-state index in [2.05, 4.69) is 9.97 Å². The van der Waals surface area contributed by atoms with E-state index in [0.29, 0.717) is 10.2 Å². The molecular formula is C10H10N2OS. The summed E-state index contributed by atoms with van der Waals surface area (Å²) < 4.78 is 0.368. The minimum Gasteiger partial charge on any atom is -0.332 e. The minimum absolute atomic E-state index is 0.124. The third kappa shape index (κ3) is 1.37. The van der Waals surface area contributed by atoms with Gasteiger partial charge < -0.3 is 4.98 Å². The molecule has 0 spiro atoms. The number of hydrogen-bond acceptors (Lipinski definition) is 2. The first-order chi connectivity index (χ1) is 6.58. The molecule has 0 amide bonds. The largest absolute Gasteiger partial charge is 0.332 e. The van der Waals surface area contributed by atoms with Crippen molar-refractivity contribution >= 4 is 23.1 Å². The van der Waals surface area contributed by atoms with Crippen LogP contribution in [0.4, 0.5) is 0 Å². The molecule has 4 heteroatoms. The lowest BCUT2D eigenvalue weighted by atomic mass is 10.1. The van der Waals surface area contributed by atoms with Crippen LogP contribution in [-0.4, -0.2) is 9.97 Å². The Morgan fingerprint density at radius 1 is 1.21 bits per heavy atom. The summed E-state index contributed by atoms with van der Waals surface area (Å²) in [6.45, 7) is 3.91. The second-order valence-electron chi connectivity index (χ2n) is 3.41. The number of aryl methyl sites for hydroxylation is 2. The summed E-state index contributed by atoms with van der Waals surface area (Å²) in [5.74, 6) is 0. The number of benzene rings is 1. The van der Waals surface area contributed by atoms with E-state index in [0.717, 1.165) is 16.6 Å². The van der Waals surface area contributed by atoms with Crippen molar-refractivity contribution < 1.29 is 0 Å². The molecular weight excluding hydrogens is 196 g/mol. The van der Waals surface area contributed by atoms with Crippen molar-refractivity contribution in [3.8, 4) is 0 Å². The fraction of sp³-hybridized carbons (Fsp3) is 0.200. The van der Waals surface area contributed by atoms with Crippen LogP contribution in [0.15, 0.2) is 16.9 Å². The zero-order valence-electron chi connectivity index (χ0n) is 7.97. The van der Waals surface area contributed by atoms with E-state index in [4.69, 9.17) is 12.2 Å². The summed E-state index contributed by atoms with van der Waals surface area (Å²) in [6.07, 6.45) is 0. The average Bonchev–Trinajstić information content (AvgIpc) is 1.99. The highest BCUT2D eigenvalue weighted by atomic mass is 32.1. The van der Waals surface area contributed by atoms with Crippen molar-refractivity contribution in [1.82, 2.24) is 9.97 Å². The smallest absolute Gasteiger partial charge is 0.259 e.